The van der Waals surface area contributed by atoms with E-state index >= 15 is 0 Å². The number of hydrogen-bond acceptors (Lipinski definition) is 4. The van der Waals surface area contributed by atoms with Gasteiger partial charge in [-0.25, -0.2) is 4.68 Å². The number of aryl methyl sites for hydroxylation is 1. The van der Waals surface area contributed by atoms with Gasteiger partial charge in [-0.1, -0.05) is 48.0 Å². The quantitative estimate of drug-likeness (QED) is 0.451. The molecule has 0 aliphatic carbocycles. The number of carbonyl (C=O) groups excluding carboxylic acids is 1. The number of fused-ring (bicyclic) bond motifs is 1. The van der Waals surface area contributed by atoms with Crippen molar-refractivity contribution >= 4 is 16.8 Å². The third-order valence-electron chi connectivity index (χ3n) is 5.18. The van der Waals surface area contributed by atoms with Crippen LogP contribution in [0.15, 0.2) is 90.0 Å². The summed E-state index contributed by atoms with van der Waals surface area (Å²) < 4.78 is 1.68. The normalized spacial score (nSPS) is 11.0. The molecule has 5 rings (SSSR count). The van der Waals surface area contributed by atoms with Crippen LogP contribution in [-0.4, -0.2) is 25.5 Å². The molecular weight excluding hydrogens is 388 g/mol. The van der Waals surface area contributed by atoms with Crippen LogP contribution in [0.4, 0.5) is 0 Å². The summed E-state index contributed by atoms with van der Waals surface area (Å²) >= 11 is 0. The number of nitrogens with zero attached hydrogens (tertiary/aromatic N) is 3. The Morgan fingerprint density at radius 2 is 1.74 bits per heavy atom. The minimum atomic E-state index is -0.451. The van der Waals surface area contributed by atoms with Gasteiger partial charge in [-0.15, -0.1) is 0 Å². The highest BCUT2D eigenvalue weighted by Gasteiger charge is 2.20. The lowest BCUT2D eigenvalue weighted by Gasteiger charge is -2.04. The van der Waals surface area contributed by atoms with Gasteiger partial charge in [0.15, 0.2) is 5.78 Å². The smallest absolute Gasteiger partial charge is 0.260 e. The molecule has 0 unspecified atom stereocenters. The maximum Gasteiger partial charge on any atom is 0.260 e. The third-order valence-corrected chi connectivity index (χ3v) is 5.18. The lowest BCUT2D eigenvalue weighted by molar-refractivity contribution is 0.103. The van der Waals surface area contributed by atoms with Crippen LogP contribution < -0.4 is 5.56 Å². The summed E-state index contributed by atoms with van der Waals surface area (Å²) in [6.45, 7) is 1.95. The van der Waals surface area contributed by atoms with Crippen molar-refractivity contribution in [1.82, 2.24) is 19.7 Å². The zero-order valence-electron chi connectivity index (χ0n) is 16.7. The Hall–Kier alpha value is -4.32. The second kappa shape index (κ2) is 7.50. The molecule has 0 bridgehead atoms. The maximum absolute atomic E-state index is 13.1. The monoisotopic (exact) mass is 406 g/mol. The van der Waals surface area contributed by atoms with Crippen LogP contribution in [0.3, 0.4) is 0 Å². The zero-order valence-corrected chi connectivity index (χ0v) is 16.7. The molecule has 3 aromatic heterocycles. The van der Waals surface area contributed by atoms with Crippen molar-refractivity contribution in [2.24, 2.45) is 0 Å². The summed E-state index contributed by atoms with van der Waals surface area (Å²) in [6.07, 6.45) is 3.40. The van der Waals surface area contributed by atoms with E-state index in [0.717, 1.165) is 16.8 Å². The fraction of sp³-hybridized carbons (Fsp3) is 0.0400. The van der Waals surface area contributed by atoms with Crippen LogP contribution in [0.25, 0.3) is 28.0 Å². The SMILES string of the molecule is Cc1ccc(C(=O)c2cc3c(-c4cccnc4)nn(-c4ccccc4)c3[nH]c2=O)cc1. The molecule has 0 spiro atoms. The van der Waals surface area contributed by atoms with Gasteiger partial charge in [-0.2, -0.15) is 5.10 Å². The molecule has 3 heterocycles. The number of H-pyrrole nitrogens is 1. The largest absolute Gasteiger partial charge is 0.306 e. The highest BCUT2D eigenvalue weighted by molar-refractivity contribution is 6.10. The van der Waals surface area contributed by atoms with E-state index in [1.165, 1.54) is 0 Å². The summed E-state index contributed by atoms with van der Waals surface area (Å²) in [5.74, 6) is -0.326. The van der Waals surface area contributed by atoms with Crippen molar-refractivity contribution in [3.63, 3.8) is 0 Å². The first-order chi connectivity index (χ1) is 15.1. The van der Waals surface area contributed by atoms with Crippen molar-refractivity contribution in [3.8, 4) is 16.9 Å². The first-order valence-electron chi connectivity index (χ1n) is 9.85. The van der Waals surface area contributed by atoms with Crippen molar-refractivity contribution < 1.29 is 4.79 Å². The Labute approximate surface area is 177 Å². The molecule has 0 amide bonds. The Morgan fingerprint density at radius 1 is 0.968 bits per heavy atom. The van der Waals surface area contributed by atoms with E-state index < -0.39 is 5.56 Å². The molecule has 0 saturated heterocycles. The van der Waals surface area contributed by atoms with Gasteiger partial charge >= 0.3 is 0 Å². The Balaban J connectivity index is 1.76. The first-order valence-corrected chi connectivity index (χ1v) is 9.85. The fourth-order valence-electron chi connectivity index (χ4n) is 3.57. The second-order valence-corrected chi connectivity index (χ2v) is 7.31. The average molecular weight is 406 g/mol. The molecule has 31 heavy (non-hydrogen) atoms. The van der Waals surface area contributed by atoms with Gasteiger partial charge in [-0.05, 0) is 37.3 Å². The molecule has 5 aromatic rings. The topological polar surface area (TPSA) is 80.6 Å². The van der Waals surface area contributed by atoms with Crippen molar-refractivity contribution in [2.45, 2.75) is 6.92 Å². The maximum atomic E-state index is 13.1. The minimum absolute atomic E-state index is 0.0779. The van der Waals surface area contributed by atoms with E-state index in [4.69, 9.17) is 5.10 Å². The van der Waals surface area contributed by atoms with E-state index in [-0.39, 0.29) is 11.3 Å². The summed E-state index contributed by atoms with van der Waals surface area (Å²) in [5, 5.41) is 5.42. The molecule has 6 nitrogen and oxygen atoms in total. The molecule has 2 aromatic carbocycles. The Morgan fingerprint density at radius 3 is 2.45 bits per heavy atom. The van der Waals surface area contributed by atoms with E-state index in [0.29, 0.717) is 22.3 Å². The molecular formula is C25H18N4O2. The van der Waals surface area contributed by atoms with Crippen LogP contribution in [0.1, 0.15) is 21.5 Å². The van der Waals surface area contributed by atoms with Gasteiger partial charge in [0.2, 0.25) is 0 Å². The summed E-state index contributed by atoms with van der Waals surface area (Å²) in [4.78, 5) is 33.1. The summed E-state index contributed by atoms with van der Waals surface area (Å²) in [6, 6.07) is 22.1. The van der Waals surface area contributed by atoms with Gasteiger partial charge in [0.05, 0.1) is 11.3 Å². The van der Waals surface area contributed by atoms with Crippen LogP contribution in [0.2, 0.25) is 0 Å². The van der Waals surface area contributed by atoms with Crippen LogP contribution >= 0.6 is 0 Å². The molecule has 0 radical (unpaired) electrons. The average Bonchev–Trinajstić information content (AvgIpc) is 3.18. The van der Waals surface area contributed by atoms with Crippen molar-refractivity contribution in [3.05, 3.63) is 112 Å². The van der Waals surface area contributed by atoms with E-state index in [9.17, 15) is 9.59 Å². The number of hydrogen-bond donors (Lipinski definition) is 1. The lowest BCUT2D eigenvalue weighted by atomic mass is 10.0. The number of pyridine rings is 2. The minimum Gasteiger partial charge on any atom is -0.306 e. The van der Waals surface area contributed by atoms with E-state index in [2.05, 4.69) is 9.97 Å². The van der Waals surface area contributed by atoms with E-state index in [1.54, 1.807) is 35.3 Å². The summed E-state index contributed by atoms with van der Waals surface area (Å²) in [7, 11) is 0. The molecule has 6 heteroatoms. The van der Waals surface area contributed by atoms with Gasteiger partial charge in [-0.3, -0.25) is 14.6 Å². The van der Waals surface area contributed by atoms with Gasteiger partial charge in [0, 0.05) is 28.9 Å². The fourth-order valence-corrected chi connectivity index (χ4v) is 3.57. The van der Waals surface area contributed by atoms with E-state index in [1.807, 2.05) is 61.5 Å². The molecule has 0 aliphatic heterocycles. The third kappa shape index (κ3) is 3.34. The van der Waals surface area contributed by atoms with Gasteiger partial charge in [0.1, 0.15) is 11.3 Å². The molecule has 0 fully saturated rings. The molecule has 0 aliphatic rings. The molecule has 150 valence electrons. The first kappa shape index (κ1) is 18.7. The molecule has 1 N–H and O–H groups in total. The number of ketones is 1. The molecule has 0 atom stereocenters. The Kier molecular flexibility index (Phi) is 4.52. The van der Waals surface area contributed by atoms with Crippen molar-refractivity contribution in [1.29, 1.82) is 0 Å². The molecule has 0 saturated carbocycles. The lowest BCUT2D eigenvalue weighted by Crippen LogP contribution is -2.19. The predicted molar refractivity (Wildman–Crippen MR) is 120 cm³/mol. The van der Waals surface area contributed by atoms with Gasteiger partial charge < -0.3 is 4.98 Å². The van der Waals surface area contributed by atoms with Crippen LogP contribution in [-0.2, 0) is 0 Å². The number of nitrogens with one attached hydrogen (secondary N) is 1. The highest BCUT2D eigenvalue weighted by Crippen LogP contribution is 2.28. The number of aromatic amines is 1. The van der Waals surface area contributed by atoms with Gasteiger partial charge in [0.25, 0.3) is 5.56 Å². The highest BCUT2D eigenvalue weighted by atomic mass is 16.1. The number of benzene rings is 2. The van der Waals surface area contributed by atoms with Crippen molar-refractivity contribution in [2.75, 3.05) is 0 Å². The number of carbonyl (C=O) groups is 1. The number of para-hydroxylation sites is 1. The Bertz CT molecular complexity index is 1450. The zero-order chi connectivity index (χ0) is 21.4. The standard InChI is InChI=1S/C25H18N4O2/c1-16-9-11-17(12-10-16)23(30)21-14-20-22(18-6-5-13-26-15-18)28-29(24(20)27-25(21)31)19-7-3-2-4-8-19/h2-15H,1H3,(H,27,31). The number of aromatic nitrogens is 4. The van der Waals surface area contributed by atoms with Crippen LogP contribution in [0, 0.1) is 6.92 Å². The second-order valence-electron chi connectivity index (χ2n) is 7.31. The van der Waals surface area contributed by atoms with Crippen LogP contribution in [0.5, 0.6) is 0 Å². The summed E-state index contributed by atoms with van der Waals surface area (Å²) in [5.41, 5.74) is 3.90. The number of rotatable bonds is 4. The predicted octanol–water partition coefficient (Wildman–Crippen LogP) is 4.32.